The molecule has 0 saturated carbocycles. The molecular formula is C17H18F5N5O2S. The van der Waals surface area contributed by atoms with E-state index in [0.717, 1.165) is 22.5 Å². The summed E-state index contributed by atoms with van der Waals surface area (Å²) in [7, 11) is -1.01. The van der Waals surface area contributed by atoms with Gasteiger partial charge >= 0.3 is 6.18 Å². The van der Waals surface area contributed by atoms with Crippen LogP contribution in [-0.4, -0.2) is 63.0 Å². The SMILES string of the molecule is CN(C)c1cc(C(F)(F)F)nc(N2CCN(S(=O)(=O)c3ccc(F)c(F)c3)CC2)n1. The number of alkyl halides is 3. The third kappa shape index (κ3) is 4.46. The summed E-state index contributed by atoms with van der Waals surface area (Å²) >= 11 is 0. The van der Waals surface area contributed by atoms with Crippen molar-refractivity contribution in [3.8, 4) is 0 Å². The Balaban J connectivity index is 1.81. The van der Waals surface area contributed by atoms with Gasteiger partial charge in [-0.05, 0) is 18.2 Å². The highest BCUT2D eigenvalue weighted by Gasteiger charge is 2.35. The maximum absolute atomic E-state index is 13.4. The van der Waals surface area contributed by atoms with Crippen LogP contribution in [0.1, 0.15) is 5.69 Å². The molecule has 0 spiro atoms. The van der Waals surface area contributed by atoms with Crippen LogP contribution in [0.4, 0.5) is 33.7 Å². The van der Waals surface area contributed by atoms with Crippen molar-refractivity contribution < 1.29 is 30.4 Å². The lowest BCUT2D eigenvalue weighted by atomic mass is 10.3. The van der Waals surface area contributed by atoms with Gasteiger partial charge in [0.05, 0.1) is 4.90 Å². The molecular weight excluding hydrogens is 433 g/mol. The predicted octanol–water partition coefficient (Wildman–Crippen LogP) is 2.35. The minimum Gasteiger partial charge on any atom is -0.363 e. The fourth-order valence-corrected chi connectivity index (χ4v) is 4.29. The molecule has 1 saturated heterocycles. The first-order valence-electron chi connectivity index (χ1n) is 8.73. The Kier molecular flexibility index (Phi) is 5.87. The number of halogens is 5. The maximum atomic E-state index is 13.4. The topological polar surface area (TPSA) is 69.6 Å². The Bertz CT molecular complexity index is 1040. The number of hydrogen-bond acceptors (Lipinski definition) is 6. The normalized spacial score (nSPS) is 16.0. The molecule has 0 unspecified atom stereocenters. The number of rotatable bonds is 4. The Morgan fingerprint density at radius 3 is 2.13 bits per heavy atom. The van der Waals surface area contributed by atoms with Gasteiger partial charge in [0.15, 0.2) is 17.3 Å². The standard InChI is InChI=1S/C17H18F5N5O2S/c1-25(2)15-10-14(17(20,21)22)23-16(24-15)26-5-7-27(8-6-26)30(28,29)11-3-4-12(18)13(19)9-11/h3-4,9-10H,5-8H2,1-2H3. The number of anilines is 2. The molecule has 1 aromatic heterocycles. The van der Waals surface area contributed by atoms with E-state index in [1.54, 1.807) is 14.1 Å². The van der Waals surface area contributed by atoms with Crippen LogP contribution in [0.5, 0.6) is 0 Å². The first-order chi connectivity index (χ1) is 13.9. The fourth-order valence-electron chi connectivity index (χ4n) is 2.85. The van der Waals surface area contributed by atoms with E-state index in [9.17, 15) is 30.4 Å². The van der Waals surface area contributed by atoms with Gasteiger partial charge in [-0.25, -0.2) is 22.2 Å². The van der Waals surface area contributed by atoms with Crippen molar-refractivity contribution in [3.63, 3.8) is 0 Å². The van der Waals surface area contributed by atoms with Gasteiger partial charge in [0.2, 0.25) is 16.0 Å². The van der Waals surface area contributed by atoms with E-state index in [0.29, 0.717) is 6.07 Å². The average Bonchev–Trinajstić information content (AvgIpc) is 2.69. The van der Waals surface area contributed by atoms with Crippen LogP contribution in [0.15, 0.2) is 29.2 Å². The maximum Gasteiger partial charge on any atom is 0.433 e. The zero-order valence-electron chi connectivity index (χ0n) is 16.0. The number of nitrogens with zero attached hydrogens (tertiary/aromatic N) is 5. The van der Waals surface area contributed by atoms with Crippen LogP contribution < -0.4 is 9.80 Å². The van der Waals surface area contributed by atoms with Crippen LogP contribution in [0.2, 0.25) is 0 Å². The van der Waals surface area contributed by atoms with Crippen molar-refractivity contribution in [1.29, 1.82) is 0 Å². The van der Waals surface area contributed by atoms with Gasteiger partial charge in [0.1, 0.15) is 5.82 Å². The van der Waals surface area contributed by atoms with E-state index < -0.39 is 38.4 Å². The molecule has 164 valence electrons. The summed E-state index contributed by atoms with van der Waals surface area (Å²) in [5, 5.41) is 0. The Labute approximate surface area is 169 Å². The van der Waals surface area contributed by atoms with E-state index in [1.807, 2.05) is 0 Å². The number of aromatic nitrogens is 2. The minimum absolute atomic E-state index is 0.0249. The number of piperazine rings is 1. The second kappa shape index (κ2) is 7.95. The summed E-state index contributed by atoms with van der Waals surface area (Å²) in [6.45, 7) is -0.120. The van der Waals surface area contributed by atoms with Crippen molar-refractivity contribution >= 4 is 21.8 Å². The molecule has 0 radical (unpaired) electrons. The summed E-state index contributed by atoms with van der Waals surface area (Å²) in [6, 6.07) is 3.10. The third-order valence-corrected chi connectivity index (χ3v) is 6.39. The lowest BCUT2D eigenvalue weighted by Gasteiger charge is -2.34. The molecule has 2 heterocycles. The van der Waals surface area contributed by atoms with Crippen molar-refractivity contribution in [2.75, 3.05) is 50.1 Å². The smallest absolute Gasteiger partial charge is 0.363 e. The van der Waals surface area contributed by atoms with Gasteiger partial charge < -0.3 is 9.80 Å². The first-order valence-corrected chi connectivity index (χ1v) is 10.2. The van der Waals surface area contributed by atoms with Crippen molar-refractivity contribution in [1.82, 2.24) is 14.3 Å². The third-order valence-electron chi connectivity index (χ3n) is 4.50. The molecule has 0 aliphatic carbocycles. The zero-order valence-corrected chi connectivity index (χ0v) is 16.8. The molecule has 1 fully saturated rings. The van der Waals surface area contributed by atoms with E-state index in [1.165, 1.54) is 9.80 Å². The number of sulfonamides is 1. The van der Waals surface area contributed by atoms with Gasteiger partial charge in [0, 0.05) is 46.3 Å². The molecule has 0 N–H and O–H groups in total. The van der Waals surface area contributed by atoms with Gasteiger partial charge in [-0.1, -0.05) is 0 Å². The quantitative estimate of drug-likeness (QED) is 0.665. The largest absolute Gasteiger partial charge is 0.433 e. The Morgan fingerprint density at radius 1 is 0.967 bits per heavy atom. The summed E-state index contributed by atoms with van der Waals surface area (Å²) in [4.78, 5) is 10.1. The van der Waals surface area contributed by atoms with E-state index >= 15 is 0 Å². The minimum atomic E-state index is -4.67. The highest BCUT2D eigenvalue weighted by atomic mass is 32.2. The molecule has 0 bridgehead atoms. The van der Waals surface area contributed by atoms with E-state index in [4.69, 9.17) is 0 Å². The molecule has 0 amide bonds. The Hall–Kier alpha value is -2.54. The van der Waals surface area contributed by atoms with Gasteiger partial charge in [-0.3, -0.25) is 0 Å². The summed E-state index contributed by atoms with van der Waals surface area (Å²) in [6.07, 6.45) is -4.67. The number of hydrogen-bond donors (Lipinski definition) is 0. The van der Waals surface area contributed by atoms with Crippen LogP contribution in [0, 0.1) is 11.6 Å². The first kappa shape index (κ1) is 22.2. The second-order valence-corrected chi connectivity index (χ2v) is 8.71. The highest BCUT2D eigenvalue weighted by molar-refractivity contribution is 7.89. The lowest BCUT2D eigenvalue weighted by molar-refractivity contribution is -0.141. The summed E-state index contributed by atoms with van der Waals surface area (Å²) in [5.41, 5.74) is -1.10. The summed E-state index contributed by atoms with van der Waals surface area (Å²) in [5.74, 6) is -2.57. The molecule has 1 aliphatic heterocycles. The van der Waals surface area contributed by atoms with Crippen LogP contribution in [0.25, 0.3) is 0 Å². The predicted molar refractivity (Wildman–Crippen MR) is 98.7 cm³/mol. The second-order valence-electron chi connectivity index (χ2n) is 6.77. The summed E-state index contributed by atoms with van der Waals surface area (Å²) < 4.78 is 92.4. The van der Waals surface area contributed by atoms with E-state index in [2.05, 4.69) is 9.97 Å². The fraction of sp³-hybridized carbons (Fsp3) is 0.412. The Morgan fingerprint density at radius 2 is 1.60 bits per heavy atom. The van der Waals surface area contributed by atoms with Crippen LogP contribution in [0.3, 0.4) is 0 Å². The van der Waals surface area contributed by atoms with Crippen molar-refractivity contribution in [3.05, 3.63) is 41.6 Å². The molecule has 30 heavy (non-hydrogen) atoms. The lowest BCUT2D eigenvalue weighted by Crippen LogP contribution is -2.49. The monoisotopic (exact) mass is 451 g/mol. The van der Waals surface area contributed by atoms with Crippen LogP contribution in [-0.2, 0) is 16.2 Å². The molecule has 1 aromatic carbocycles. The molecule has 3 rings (SSSR count). The van der Waals surface area contributed by atoms with Crippen molar-refractivity contribution in [2.45, 2.75) is 11.1 Å². The van der Waals surface area contributed by atoms with Gasteiger partial charge in [0.25, 0.3) is 0 Å². The molecule has 2 aromatic rings. The molecule has 1 aliphatic rings. The number of benzene rings is 1. The van der Waals surface area contributed by atoms with E-state index in [-0.39, 0.29) is 37.9 Å². The van der Waals surface area contributed by atoms with Gasteiger partial charge in [-0.2, -0.15) is 22.5 Å². The van der Waals surface area contributed by atoms with Gasteiger partial charge in [-0.15, -0.1) is 0 Å². The molecule has 7 nitrogen and oxygen atoms in total. The van der Waals surface area contributed by atoms with Crippen molar-refractivity contribution in [2.24, 2.45) is 0 Å². The molecule has 13 heteroatoms. The molecule has 0 atom stereocenters. The van der Waals surface area contributed by atoms with Crippen LogP contribution >= 0.6 is 0 Å². The average molecular weight is 451 g/mol. The highest BCUT2D eigenvalue weighted by Crippen LogP contribution is 2.31. The zero-order chi connectivity index (χ0) is 22.3.